The molecule has 0 radical (unpaired) electrons. The Kier molecular flexibility index (Phi) is 5.13. The Balaban J connectivity index is 1.66. The third kappa shape index (κ3) is 4.45. The van der Waals surface area contributed by atoms with Crippen LogP contribution in [0.4, 0.5) is 0 Å². The zero-order valence-electron chi connectivity index (χ0n) is 10.9. The Morgan fingerprint density at radius 1 is 1.42 bits per heavy atom. The number of nitrogens with two attached hydrogens (primary N) is 1. The molecule has 4 nitrogen and oxygen atoms in total. The lowest BCUT2D eigenvalue weighted by Crippen LogP contribution is -2.24. The molecule has 1 unspecified atom stereocenters. The quantitative estimate of drug-likeness (QED) is 0.605. The zero-order chi connectivity index (χ0) is 13.7. The summed E-state index contributed by atoms with van der Waals surface area (Å²) in [6.07, 6.45) is 1.71. The van der Waals surface area contributed by atoms with Gasteiger partial charge in [-0.05, 0) is 37.1 Å². The monoisotopic (exact) mass is 280 g/mol. The lowest BCUT2D eigenvalue weighted by molar-refractivity contribution is 0.173. The molecule has 1 atom stereocenters. The molecule has 5 heteroatoms. The molecule has 1 aromatic rings. The van der Waals surface area contributed by atoms with E-state index in [-0.39, 0.29) is 6.10 Å². The maximum atomic E-state index is 9.41. The molecule has 0 bridgehead atoms. The highest BCUT2D eigenvalue weighted by Crippen LogP contribution is 2.13. The van der Waals surface area contributed by atoms with E-state index in [4.69, 9.17) is 22.7 Å². The van der Waals surface area contributed by atoms with Gasteiger partial charge in [0.15, 0.2) is 0 Å². The van der Waals surface area contributed by atoms with Crippen LogP contribution in [-0.4, -0.2) is 47.3 Å². The summed E-state index contributed by atoms with van der Waals surface area (Å²) in [5.41, 5.74) is 6.39. The Labute approximate surface area is 119 Å². The molecule has 0 aromatic heterocycles. The molecule has 0 spiro atoms. The Hall–Kier alpha value is -1.17. The fourth-order valence-corrected chi connectivity index (χ4v) is 2.34. The van der Waals surface area contributed by atoms with E-state index in [0.717, 1.165) is 43.8 Å². The molecular formula is C14H20N2O2S. The van der Waals surface area contributed by atoms with Crippen LogP contribution in [0.3, 0.4) is 0 Å². The van der Waals surface area contributed by atoms with Crippen molar-refractivity contribution in [2.45, 2.75) is 18.9 Å². The van der Waals surface area contributed by atoms with Crippen molar-refractivity contribution in [1.82, 2.24) is 4.90 Å². The predicted molar refractivity (Wildman–Crippen MR) is 79.5 cm³/mol. The van der Waals surface area contributed by atoms with Gasteiger partial charge in [-0.2, -0.15) is 0 Å². The van der Waals surface area contributed by atoms with Gasteiger partial charge in [0.2, 0.25) is 0 Å². The lowest BCUT2D eigenvalue weighted by atomic mass is 10.2. The highest BCUT2D eigenvalue weighted by atomic mass is 32.1. The van der Waals surface area contributed by atoms with Gasteiger partial charge in [-0.25, -0.2) is 0 Å². The van der Waals surface area contributed by atoms with Gasteiger partial charge in [0, 0.05) is 25.2 Å². The fourth-order valence-electron chi connectivity index (χ4n) is 2.21. The van der Waals surface area contributed by atoms with E-state index in [1.165, 1.54) is 0 Å². The van der Waals surface area contributed by atoms with E-state index in [1.54, 1.807) is 0 Å². The van der Waals surface area contributed by atoms with Crippen molar-refractivity contribution in [3.05, 3.63) is 29.8 Å². The first kappa shape index (κ1) is 14.2. The third-order valence-electron chi connectivity index (χ3n) is 3.27. The van der Waals surface area contributed by atoms with E-state index in [2.05, 4.69) is 4.90 Å². The van der Waals surface area contributed by atoms with Crippen LogP contribution in [0.25, 0.3) is 0 Å². The van der Waals surface area contributed by atoms with Gasteiger partial charge >= 0.3 is 0 Å². The molecule has 1 fully saturated rings. The van der Waals surface area contributed by atoms with Crippen molar-refractivity contribution >= 4 is 17.2 Å². The molecular weight excluding hydrogens is 260 g/mol. The Morgan fingerprint density at radius 3 is 2.74 bits per heavy atom. The molecule has 0 aliphatic carbocycles. The van der Waals surface area contributed by atoms with Crippen LogP contribution in [0.2, 0.25) is 0 Å². The summed E-state index contributed by atoms with van der Waals surface area (Å²) < 4.78 is 5.65. The minimum atomic E-state index is -0.145. The number of thiocarbonyl (C=S) groups is 1. The summed E-state index contributed by atoms with van der Waals surface area (Å²) in [5.74, 6) is 0.835. The summed E-state index contributed by atoms with van der Waals surface area (Å²) in [6.45, 7) is 3.44. The highest BCUT2D eigenvalue weighted by molar-refractivity contribution is 7.80. The smallest absolute Gasteiger partial charge is 0.119 e. The predicted octanol–water partition coefficient (Wildman–Crippen LogP) is 1.16. The molecule has 1 saturated heterocycles. The molecule has 19 heavy (non-hydrogen) atoms. The lowest BCUT2D eigenvalue weighted by Gasteiger charge is -2.14. The molecule has 3 N–H and O–H groups in total. The highest BCUT2D eigenvalue weighted by Gasteiger charge is 2.19. The summed E-state index contributed by atoms with van der Waals surface area (Å²) >= 11 is 4.89. The van der Waals surface area contributed by atoms with Crippen LogP contribution in [-0.2, 0) is 0 Å². The zero-order valence-corrected chi connectivity index (χ0v) is 11.7. The SMILES string of the molecule is NC(=S)c1ccc(OCCCN2CCC(O)C2)cc1. The molecule has 1 aliphatic rings. The van der Waals surface area contributed by atoms with Crippen molar-refractivity contribution in [3.8, 4) is 5.75 Å². The number of hydrogen-bond acceptors (Lipinski definition) is 4. The van der Waals surface area contributed by atoms with Crippen molar-refractivity contribution in [2.24, 2.45) is 5.73 Å². The van der Waals surface area contributed by atoms with Crippen molar-refractivity contribution in [1.29, 1.82) is 0 Å². The molecule has 0 amide bonds. The second kappa shape index (κ2) is 6.84. The van der Waals surface area contributed by atoms with Gasteiger partial charge in [-0.3, -0.25) is 0 Å². The maximum Gasteiger partial charge on any atom is 0.119 e. The number of β-amino-alcohol motifs (C(OH)–C–C–N with tert-alkyl or cyclic N) is 1. The number of aliphatic hydroxyl groups excluding tert-OH is 1. The maximum absolute atomic E-state index is 9.41. The molecule has 0 saturated carbocycles. The van der Waals surface area contributed by atoms with Crippen LogP contribution in [0.1, 0.15) is 18.4 Å². The van der Waals surface area contributed by atoms with Crippen LogP contribution in [0.5, 0.6) is 5.75 Å². The summed E-state index contributed by atoms with van der Waals surface area (Å²) in [6, 6.07) is 7.51. The van der Waals surface area contributed by atoms with Crippen molar-refractivity contribution in [3.63, 3.8) is 0 Å². The largest absolute Gasteiger partial charge is 0.494 e. The second-order valence-corrected chi connectivity index (χ2v) is 5.27. The van der Waals surface area contributed by atoms with Crippen LogP contribution in [0.15, 0.2) is 24.3 Å². The van der Waals surface area contributed by atoms with Gasteiger partial charge in [0.1, 0.15) is 10.7 Å². The normalized spacial score (nSPS) is 19.5. The minimum absolute atomic E-state index is 0.145. The average molecular weight is 280 g/mol. The number of aliphatic hydroxyl groups is 1. The Morgan fingerprint density at radius 2 is 2.16 bits per heavy atom. The van der Waals surface area contributed by atoms with E-state index in [0.29, 0.717) is 11.6 Å². The first-order valence-corrected chi connectivity index (χ1v) is 6.99. The first-order chi connectivity index (χ1) is 9.15. The third-order valence-corrected chi connectivity index (χ3v) is 3.51. The number of rotatable bonds is 6. The molecule has 2 rings (SSSR count). The molecule has 104 valence electrons. The average Bonchev–Trinajstić information content (AvgIpc) is 2.81. The van der Waals surface area contributed by atoms with Gasteiger partial charge in [-0.15, -0.1) is 0 Å². The number of hydrogen-bond donors (Lipinski definition) is 2. The van der Waals surface area contributed by atoms with Crippen LogP contribution >= 0.6 is 12.2 Å². The van der Waals surface area contributed by atoms with Gasteiger partial charge < -0.3 is 20.5 Å². The molecule has 1 aromatic carbocycles. The van der Waals surface area contributed by atoms with E-state index in [9.17, 15) is 5.11 Å². The van der Waals surface area contributed by atoms with Crippen LogP contribution in [0, 0.1) is 0 Å². The van der Waals surface area contributed by atoms with Crippen molar-refractivity contribution < 1.29 is 9.84 Å². The summed E-state index contributed by atoms with van der Waals surface area (Å²) in [5, 5.41) is 9.41. The fraction of sp³-hybridized carbons (Fsp3) is 0.500. The summed E-state index contributed by atoms with van der Waals surface area (Å²) in [7, 11) is 0. The summed E-state index contributed by atoms with van der Waals surface area (Å²) in [4.78, 5) is 2.67. The van der Waals surface area contributed by atoms with Crippen molar-refractivity contribution in [2.75, 3.05) is 26.2 Å². The van der Waals surface area contributed by atoms with E-state index >= 15 is 0 Å². The van der Waals surface area contributed by atoms with Crippen LogP contribution < -0.4 is 10.5 Å². The van der Waals surface area contributed by atoms with Gasteiger partial charge in [0.05, 0.1) is 12.7 Å². The number of benzene rings is 1. The standard InChI is InChI=1S/C14H20N2O2S/c15-14(19)11-2-4-13(5-3-11)18-9-1-7-16-8-6-12(17)10-16/h2-5,12,17H,1,6-10H2,(H2,15,19). The van der Waals surface area contributed by atoms with E-state index in [1.807, 2.05) is 24.3 Å². The number of ether oxygens (including phenoxy) is 1. The number of nitrogens with zero attached hydrogens (tertiary/aromatic N) is 1. The Bertz CT molecular complexity index is 422. The molecule has 1 heterocycles. The van der Waals surface area contributed by atoms with Gasteiger partial charge in [-0.1, -0.05) is 12.2 Å². The van der Waals surface area contributed by atoms with E-state index < -0.39 is 0 Å². The second-order valence-electron chi connectivity index (χ2n) is 4.83. The molecule has 1 aliphatic heterocycles. The topological polar surface area (TPSA) is 58.7 Å². The minimum Gasteiger partial charge on any atom is -0.494 e. The van der Waals surface area contributed by atoms with Gasteiger partial charge in [0.25, 0.3) is 0 Å². The first-order valence-electron chi connectivity index (χ1n) is 6.58. The number of likely N-dealkylation sites (tertiary alicyclic amines) is 1.